The highest BCUT2D eigenvalue weighted by Gasteiger charge is 2.43. The molecule has 0 saturated carbocycles. The average molecular weight is 332 g/mol. The number of hydrogen-bond donors (Lipinski definition) is 4. The highest BCUT2D eigenvalue weighted by Crippen LogP contribution is 2.22. The third kappa shape index (κ3) is 7.14. The Labute approximate surface area is 137 Å². The summed E-state index contributed by atoms with van der Waals surface area (Å²) in [5, 5.41) is 38.2. The second-order valence-corrected chi connectivity index (χ2v) is 5.59. The minimum atomic E-state index is -1.39. The van der Waals surface area contributed by atoms with Crippen LogP contribution in [-0.2, 0) is 14.2 Å². The van der Waals surface area contributed by atoms with Gasteiger partial charge in [0.05, 0.1) is 6.61 Å². The zero-order valence-electron chi connectivity index (χ0n) is 13.3. The molecule has 0 aliphatic carbocycles. The Morgan fingerprint density at radius 1 is 0.913 bits per heavy atom. The molecule has 0 amide bonds. The van der Waals surface area contributed by atoms with Gasteiger partial charge in [-0.15, -0.1) is 6.42 Å². The van der Waals surface area contributed by atoms with Crippen molar-refractivity contribution in [1.29, 1.82) is 0 Å². The lowest BCUT2D eigenvalue weighted by Crippen LogP contribution is -2.59. The van der Waals surface area contributed by atoms with Crippen molar-refractivity contribution in [1.82, 2.24) is 0 Å². The van der Waals surface area contributed by atoms with Gasteiger partial charge in [0.25, 0.3) is 0 Å². The Bertz CT molecular complexity index is 342. The maximum atomic E-state index is 9.80. The molecule has 7 nitrogen and oxygen atoms in total. The first-order chi connectivity index (χ1) is 11.1. The molecule has 0 radical (unpaired) electrons. The highest BCUT2D eigenvalue weighted by molar-refractivity contribution is 4.88. The smallest absolute Gasteiger partial charge is 0.186 e. The SMILES string of the molecule is C#CCOCCCCCCCO[C@H]1O[C@H](CO)[C@@H](O)[C@H](O)[C@@H]1O. The van der Waals surface area contributed by atoms with Crippen molar-refractivity contribution in [3.05, 3.63) is 0 Å². The molecule has 1 aliphatic heterocycles. The Kier molecular flexibility index (Phi) is 10.4. The fraction of sp³-hybridized carbons (Fsp3) is 0.875. The fourth-order valence-electron chi connectivity index (χ4n) is 2.37. The molecule has 1 rings (SSSR count). The molecule has 5 atom stereocenters. The first kappa shape index (κ1) is 20.3. The van der Waals surface area contributed by atoms with Crippen LogP contribution < -0.4 is 0 Å². The van der Waals surface area contributed by atoms with Gasteiger partial charge in [-0.05, 0) is 12.8 Å². The second kappa shape index (κ2) is 11.8. The van der Waals surface area contributed by atoms with Crippen LogP contribution >= 0.6 is 0 Å². The van der Waals surface area contributed by atoms with Gasteiger partial charge in [-0.3, -0.25) is 0 Å². The molecule has 0 aromatic rings. The molecule has 4 N–H and O–H groups in total. The molecule has 1 aliphatic rings. The highest BCUT2D eigenvalue weighted by atomic mass is 16.7. The van der Waals surface area contributed by atoms with Crippen LogP contribution in [0, 0.1) is 12.3 Å². The van der Waals surface area contributed by atoms with Crippen molar-refractivity contribution >= 4 is 0 Å². The van der Waals surface area contributed by atoms with E-state index in [4.69, 9.17) is 25.7 Å². The van der Waals surface area contributed by atoms with E-state index in [1.165, 1.54) is 0 Å². The Hall–Kier alpha value is -0.720. The third-order valence-corrected chi connectivity index (χ3v) is 3.75. The van der Waals surface area contributed by atoms with Gasteiger partial charge in [0.15, 0.2) is 6.29 Å². The van der Waals surface area contributed by atoms with Gasteiger partial charge in [-0.1, -0.05) is 25.2 Å². The van der Waals surface area contributed by atoms with Gasteiger partial charge in [0.2, 0.25) is 0 Å². The lowest BCUT2D eigenvalue weighted by atomic mass is 9.99. The summed E-state index contributed by atoms with van der Waals surface area (Å²) >= 11 is 0. The van der Waals surface area contributed by atoms with E-state index in [0.717, 1.165) is 32.1 Å². The molecule has 1 saturated heterocycles. The number of ether oxygens (including phenoxy) is 3. The monoisotopic (exact) mass is 332 g/mol. The van der Waals surface area contributed by atoms with E-state index in [-0.39, 0.29) is 0 Å². The van der Waals surface area contributed by atoms with Crippen LogP contribution in [0.4, 0.5) is 0 Å². The van der Waals surface area contributed by atoms with Crippen molar-refractivity contribution in [3.8, 4) is 12.3 Å². The van der Waals surface area contributed by atoms with Crippen LogP contribution in [0.3, 0.4) is 0 Å². The molecule has 23 heavy (non-hydrogen) atoms. The van der Waals surface area contributed by atoms with Crippen LogP contribution in [0.5, 0.6) is 0 Å². The summed E-state index contributed by atoms with van der Waals surface area (Å²) < 4.78 is 15.8. The zero-order valence-corrected chi connectivity index (χ0v) is 13.3. The molecule has 0 aromatic heterocycles. The Morgan fingerprint density at radius 2 is 1.57 bits per heavy atom. The summed E-state index contributed by atoms with van der Waals surface area (Å²) in [5.74, 6) is 2.41. The average Bonchev–Trinajstić information content (AvgIpc) is 2.56. The number of hydrogen-bond acceptors (Lipinski definition) is 7. The molecular formula is C16H28O7. The summed E-state index contributed by atoms with van der Waals surface area (Å²) in [6.45, 7) is 0.946. The van der Waals surface area contributed by atoms with Crippen molar-refractivity contribution in [2.75, 3.05) is 26.4 Å². The third-order valence-electron chi connectivity index (χ3n) is 3.75. The minimum absolute atomic E-state index is 0.354. The first-order valence-corrected chi connectivity index (χ1v) is 8.05. The van der Waals surface area contributed by atoms with Crippen LogP contribution in [0.25, 0.3) is 0 Å². The van der Waals surface area contributed by atoms with Crippen LogP contribution in [0.1, 0.15) is 32.1 Å². The van der Waals surface area contributed by atoms with Gasteiger partial charge in [-0.25, -0.2) is 0 Å². The molecule has 0 bridgehead atoms. The normalized spacial score (nSPS) is 31.0. The van der Waals surface area contributed by atoms with Crippen LogP contribution in [0.15, 0.2) is 0 Å². The van der Waals surface area contributed by atoms with E-state index in [2.05, 4.69) is 5.92 Å². The van der Waals surface area contributed by atoms with E-state index >= 15 is 0 Å². The van der Waals surface area contributed by atoms with Crippen molar-refractivity contribution in [2.24, 2.45) is 0 Å². The maximum Gasteiger partial charge on any atom is 0.186 e. The van der Waals surface area contributed by atoms with E-state index in [1.54, 1.807) is 0 Å². The van der Waals surface area contributed by atoms with Crippen molar-refractivity contribution in [2.45, 2.75) is 62.8 Å². The predicted octanol–water partition coefficient (Wildman–Crippen LogP) is -0.597. The fourth-order valence-corrected chi connectivity index (χ4v) is 2.37. The van der Waals surface area contributed by atoms with Gasteiger partial charge >= 0.3 is 0 Å². The van der Waals surface area contributed by atoms with E-state index in [1.807, 2.05) is 0 Å². The topological polar surface area (TPSA) is 109 Å². The molecule has 1 fully saturated rings. The molecule has 134 valence electrons. The quantitative estimate of drug-likeness (QED) is 0.296. The lowest BCUT2D eigenvalue weighted by Gasteiger charge is -2.39. The number of aliphatic hydroxyl groups is 4. The molecule has 0 spiro atoms. The standard InChI is InChI=1S/C16H28O7/c1-2-8-21-9-6-4-3-5-7-10-22-16-15(20)14(19)13(18)12(11-17)23-16/h1,12-20H,3-11H2/t12-,13-,14+,15+,16+/m1/s1. The minimum Gasteiger partial charge on any atom is -0.394 e. The van der Waals surface area contributed by atoms with Gasteiger partial charge in [0, 0.05) is 13.2 Å². The number of unbranched alkanes of at least 4 members (excludes halogenated alkanes) is 4. The van der Waals surface area contributed by atoms with E-state index < -0.39 is 37.3 Å². The molecular weight excluding hydrogens is 304 g/mol. The van der Waals surface area contributed by atoms with Gasteiger partial charge in [0.1, 0.15) is 31.0 Å². The summed E-state index contributed by atoms with van der Waals surface area (Å²) in [6.07, 6.45) is 3.83. The van der Waals surface area contributed by atoms with Gasteiger partial charge < -0.3 is 34.6 Å². The van der Waals surface area contributed by atoms with Gasteiger partial charge in [-0.2, -0.15) is 0 Å². The molecule has 7 heteroatoms. The summed E-state index contributed by atoms with van der Waals surface area (Å²) in [7, 11) is 0. The van der Waals surface area contributed by atoms with Crippen molar-refractivity contribution in [3.63, 3.8) is 0 Å². The lowest BCUT2D eigenvalue weighted by molar-refractivity contribution is -0.301. The molecule has 0 aromatic carbocycles. The second-order valence-electron chi connectivity index (χ2n) is 5.59. The number of terminal acetylenes is 1. The first-order valence-electron chi connectivity index (χ1n) is 8.05. The zero-order chi connectivity index (χ0) is 17.1. The maximum absolute atomic E-state index is 9.80. The predicted molar refractivity (Wildman–Crippen MR) is 82.5 cm³/mol. The summed E-state index contributed by atoms with van der Waals surface area (Å²) in [4.78, 5) is 0. The summed E-state index contributed by atoms with van der Waals surface area (Å²) in [6, 6.07) is 0. The number of aliphatic hydroxyl groups excluding tert-OH is 4. The van der Waals surface area contributed by atoms with E-state index in [0.29, 0.717) is 19.8 Å². The van der Waals surface area contributed by atoms with Crippen molar-refractivity contribution < 1.29 is 34.6 Å². The van der Waals surface area contributed by atoms with E-state index in [9.17, 15) is 15.3 Å². The number of rotatable bonds is 11. The largest absolute Gasteiger partial charge is 0.394 e. The summed E-state index contributed by atoms with van der Waals surface area (Å²) in [5.41, 5.74) is 0. The van der Waals surface area contributed by atoms with Crippen LogP contribution in [0.2, 0.25) is 0 Å². The molecule has 1 heterocycles. The van der Waals surface area contributed by atoms with Crippen LogP contribution in [-0.4, -0.2) is 77.6 Å². The Balaban J connectivity index is 2.07. The Morgan fingerprint density at radius 3 is 2.22 bits per heavy atom. The molecule has 0 unspecified atom stereocenters.